The summed E-state index contributed by atoms with van der Waals surface area (Å²) in [6, 6.07) is 3.41. The number of benzene rings is 1. The Balaban J connectivity index is 1.59. The van der Waals surface area contributed by atoms with E-state index in [-0.39, 0.29) is 36.6 Å². The zero-order valence-electron chi connectivity index (χ0n) is 26.9. The van der Waals surface area contributed by atoms with Crippen molar-refractivity contribution in [3.05, 3.63) is 47.5 Å². The number of likely N-dealkylation sites (tertiary alicyclic amines) is 2. The number of halogens is 3. The second kappa shape index (κ2) is 15.0. The van der Waals surface area contributed by atoms with Crippen LogP contribution in [0, 0.1) is 11.8 Å². The summed E-state index contributed by atoms with van der Waals surface area (Å²) in [6.07, 6.45) is 0.677. The highest BCUT2D eigenvalue weighted by atomic mass is 19.4. The van der Waals surface area contributed by atoms with Crippen LogP contribution in [0.3, 0.4) is 0 Å². The molecule has 0 aliphatic carbocycles. The lowest BCUT2D eigenvalue weighted by molar-refractivity contribution is -0.154. The van der Waals surface area contributed by atoms with Gasteiger partial charge in [0.15, 0.2) is 0 Å². The average Bonchev–Trinajstić information content (AvgIpc) is 2.99. The molecule has 2 heterocycles. The molecule has 2 atom stereocenters. The number of nitrogens with zero attached hydrogens (tertiary/aromatic N) is 2. The van der Waals surface area contributed by atoms with Crippen LogP contribution in [0.15, 0.2) is 36.4 Å². The van der Waals surface area contributed by atoms with E-state index < -0.39 is 46.7 Å². The molecule has 2 aliphatic heterocycles. The summed E-state index contributed by atoms with van der Waals surface area (Å²) in [5.74, 6) is -3.32. The molecule has 0 aromatic heterocycles. The lowest BCUT2D eigenvalue weighted by atomic mass is 9.95. The first-order valence-corrected chi connectivity index (χ1v) is 15.4. The highest BCUT2D eigenvalue weighted by Crippen LogP contribution is 2.29. The zero-order chi connectivity index (χ0) is 34.3. The molecule has 0 spiro atoms. The Kier molecular flexibility index (Phi) is 11.9. The van der Waals surface area contributed by atoms with Gasteiger partial charge in [0, 0.05) is 31.7 Å². The number of amides is 4. The van der Waals surface area contributed by atoms with Crippen LogP contribution in [0.5, 0.6) is 0 Å². The molecule has 1 aromatic carbocycles. The number of carbonyl (C=O) groups is 5. The lowest BCUT2D eigenvalue weighted by Crippen LogP contribution is -2.65. The second-order valence-corrected chi connectivity index (χ2v) is 12.7. The summed E-state index contributed by atoms with van der Waals surface area (Å²) in [7, 11) is 0. The molecule has 3 rings (SSSR count). The van der Waals surface area contributed by atoms with E-state index in [9.17, 15) is 37.1 Å². The number of hydrogen-bond donors (Lipinski definition) is 2. The molecule has 0 radical (unpaired) electrons. The smallest absolute Gasteiger partial charge is 0.416 e. The van der Waals surface area contributed by atoms with Gasteiger partial charge in [-0.05, 0) is 96.6 Å². The third kappa shape index (κ3) is 10.2. The number of piperidine rings is 2. The number of alkyl halides is 3. The van der Waals surface area contributed by atoms with Crippen LogP contribution >= 0.6 is 0 Å². The minimum absolute atomic E-state index is 0.0570. The van der Waals surface area contributed by atoms with Crippen LogP contribution in [-0.4, -0.2) is 83.6 Å². The van der Waals surface area contributed by atoms with E-state index in [1.807, 2.05) is 26.8 Å². The van der Waals surface area contributed by atoms with Gasteiger partial charge < -0.3 is 29.9 Å². The topological polar surface area (TPSA) is 134 Å². The summed E-state index contributed by atoms with van der Waals surface area (Å²) < 4.78 is 49.3. The molecular formula is C32H43F3N4O7. The van der Waals surface area contributed by atoms with Crippen molar-refractivity contribution in [2.24, 2.45) is 11.8 Å². The van der Waals surface area contributed by atoms with Crippen molar-refractivity contribution in [1.29, 1.82) is 0 Å². The van der Waals surface area contributed by atoms with E-state index in [1.54, 1.807) is 16.7 Å². The monoisotopic (exact) mass is 652 g/mol. The predicted molar refractivity (Wildman–Crippen MR) is 161 cm³/mol. The minimum Gasteiger partial charge on any atom is -0.463 e. The quantitative estimate of drug-likeness (QED) is 0.243. The standard InChI is InChI=1S/C32H43F3N4O7/c1-6-45-28(43)31(5,36-26(41)22-10-12-24(13-11-22)32(33,34)35)37-27(42)23-8-7-17-39(20-23)25(40)14-9-21-15-18-38(19-16-21)29(44)46-30(2,3)4/h9-14,21,23H,6-8,15-20H2,1-5H3,(H,36,41)(H,37,42)/b14-9+/t23-,31+/m1/s1. The lowest BCUT2D eigenvalue weighted by Gasteiger charge is -2.35. The maximum atomic E-state index is 13.3. The fourth-order valence-electron chi connectivity index (χ4n) is 5.18. The van der Waals surface area contributed by atoms with Crippen molar-refractivity contribution < 1.29 is 46.6 Å². The molecule has 1 aromatic rings. The molecule has 0 bridgehead atoms. The number of allylic oxidation sites excluding steroid dienone is 1. The van der Waals surface area contributed by atoms with Gasteiger partial charge in [-0.25, -0.2) is 9.59 Å². The van der Waals surface area contributed by atoms with Crippen molar-refractivity contribution in [3.63, 3.8) is 0 Å². The first-order valence-electron chi connectivity index (χ1n) is 15.4. The Morgan fingerprint density at radius 1 is 0.913 bits per heavy atom. The molecule has 0 unspecified atom stereocenters. The van der Waals surface area contributed by atoms with Gasteiger partial charge in [0.1, 0.15) is 5.60 Å². The second-order valence-electron chi connectivity index (χ2n) is 12.7. The Bertz CT molecular complexity index is 1300. The number of ether oxygens (including phenoxy) is 2. The molecule has 2 saturated heterocycles. The molecule has 4 amide bonds. The summed E-state index contributed by atoms with van der Waals surface area (Å²) in [5.41, 5.74) is -3.72. The third-order valence-electron chi connectivity index (χ3n) is 7.70. The van der Waals surface area contributed by atoms with Crippen molar-refractivity contribution in [3.8, 4) is 0 Å². The van der Waals surface area contributed by atoms with Crippen LogP contribution in [0.4, 0.5) is 18.0 Å². The van der Waals surface area contributed by atoms with E-state index in [2.05, 4.69) is 10.6 Å². The zero-order valence-corrected chi connectivity index (χ0v) is 26.9. The van der Waals surface area contributed by atoms with Crippen molar-refractivity contribution in [2.45, 2.75) is 77.7 Å². The van der Waals surface area contributed by atoms with Gasteiger partial charge in [-0.2, -0.15) is 13.2 Å². The van der Waals surface area contributed by atoms with Gasteiger partial charge in [-0.1, -0.05) is 6.08 Å². The van der Waals surface area contributed by atoms with Crippen molar-refractivity contribution in [1.82, 2.24) is 20.4 Å². The summed E-state index contributed by atoms with van der Waals surface area (Å²) in [5, 5.41) is 4.91. The van der Waals surface area contributed by atoms with Gasteiger partial charge >= 0.3 is 18.2 Å². The van der Waals surface area contributed by atoms with E-state index in [1.165, 1.54) is 13.0 Å². The van der Waals surface area contributed by atoms with Crippen molar-refractivity contribution in [2.75, 3.05) is 32.8 Å². The molecule has 2 aliphatic rings. The molecule has 14 heteroatoms. The van der Waals surface area contributed by atoms with E-state index in [4.69, 9.17) is 9.47 Å². The van der Waals surface area contributed by atoms with Gasteiger partial charge in [0.2, 0.25) is 17.5 Å². The average molecular weight is 653 g/mol. The van der Waals surface area contributed by atoms with Crippen LogP contribution in [0.25, 0.3) is 0 Å². The van der Waals surface area contributed by atoms with Crippen LogP contribution < -0.4 is 10.6 Å². The molecule has 11 nitrogen and oxygen atoms in total. The summed E-state index contributed by atoms with van der Waals surface area (Å²) in [4.78, 5) is 67.6. The van der Waals surface area contributed by atoms with Gasteiger partial charge in [-0.3, -0.25) is 14.4 Å². The van der Waals surface area contributed by atoms with E-state index >= 15 is 0 Å². The maximum absolute atomic E-state index is 13.3. The highest BCUT2D eigenvalue weighted by molar-refractivity contribution is 5.99. The Morgan fingerprint density at radius 2 is 1.54 bits per heavy atom. The normalized spacial score (nSPS) is 19.3. The number of carbonyl (C=O) groups excluding carboxylic acids is 5. The summed E-state index contributed by atoms with van der Waals surface area (Å²) >= 11 is 0. The first kappa shape index (κ1) is 36.4. The molecule has 2 N–H and O–H groups in total. The van der Waals surface area contributed by atoms with Gasteiger partial charge in [-0.15, -0.1) is 0 Å². The van der Waals surface area contributed by atoms with Crippen LogP contribution in [0.1, 0.15) is 76.2 Å². The number of rotatable bonds is 8. The van der Waals surface area contributed by atoms with Crippen LogP contribution in [0.2, 0.25) is 0 Å². The molecular weight excluding hydrogens is 609 g/mol. The fraction of sp³-hybridized carbons (Fsp3) is 0.594. The first-order chi connectivity index (χ1) is 21.4. The minimum atomic E-state index is -4.59. The molecule has 254 valence electrons. The van der Waals surface area contributed by atoms with Crippen LogP contribution in [-0.2, 0) is 30.0 Å². The Morgan fingerprint density at radius 3 is 2.11 bits per heavy atom. The number of hydrogen-bond acceptors (Lipinski definition) is 7. The fourth-order valence-corrected chi connectivity index (χ4v) is 5.18. The van der Waals surface area contributed by atoms with Gasteiger partial charge in [0.25, 0.3) is 5.91 Å². The van der Waals surface area contributed by atoms with Crippen molar-refractivity contribution >= 4 is 29.8 Å². The van der Waals surface area contributed by atoms with E-state index in [0.717, 1.165) is 24.3 Å². The number of esters is 1. The SMILES string of the molecule is CCOC(=O)[C@@](C)(NC(=O)c1ccc(C(F)(F)F)cc1)NC(=O)[C@@H]1CCCN(C(=O)/C=C/C2CCN(C(=O)OC(C)(C)C)CC2)C1. The highest BCUT2D eigenvalue weighted by Gasteiger charge is 2.41. The maximum Gasteiger partial charge on any atom is 0.416 e. The summed E-state index contributed by atoms with van der Waals surface area (Å²) in [6.45, 7) is 9.69. The Labute approximate surface area is 266 Å². The molecule has 2 fully saturated rings. The largest absolute Gasteiger partial charge is 0.463 e. The predicted octanol–water partition coefficient (Wildman–Crippen LogP) is 4.27. The molecule has 0 saturated carbocycles. The number of nitrogens with one attached hydrogen (secondary N) is 2. The Hall–Kier alpha value is -4.10. The third-order valence-corrected chi connectivity index (χ3v) is 7.70. The van der Waals surface area contributed by atoms with E-state index in [0.29, 0.717) is 45.3 Å². The van der Waals surface area contributed by atoms with Gasteiger partial charge in [0.05, 0.1) is 18.1 Å². The molecule has 46 heavy (non-hydrogen) atoms.